The van der Waals surface area contributed by atoms with Gasteiger partial charge in [-0.15, -0.1) is 0 Å². The summed E-state index contributed by atoms with van der Waals surface area (Å²) in [6.07, 6.45) is 1.78. The highest BCUT2D eigenvalue weighted by atomic mass is 16.6. The molecule has 33 heavy (non-hydrogen) atoms. The van der Waals surface area contributed by atoms with Crippen LogP contribution in [0.3, 0.4) is 0 Å². The molecule has 0 aliphatic rings. The molecule has 0 fully saturated rings. The minimum atomic E-state index is -0.712. The van der Waals surface area contributed by atoms with E-state index >= 15 is 0 Å². The second kappa shape index (κ2) is 6.79. The van der Waals surface area contributed by atoms with E-state index in [0.29, 0.717) is 38.6 Å². The number of nitro benzene ring substituents is 1. The van der Waals surface area contributed by atoms with E-state index in [2.05, 4.69) is 10.2 Å². The number of rotatable bonds is 3. The van der Waals surface area contributed by atoms with Crippen molar-refractivity contribution in [1.82, 2.24) is 15.2 Å². The third-order valence-electron chi connectivity index (χ3n) is 5.75. The Balaban J connectivity index is 1.76. The number of H-pyrrole nitrogens is 2. The molecule has 3 heterocycles. The predicted octanol–water partition coefficient (Wildman–Crippen LogP) is 5.10. The van der Waals surface area contributed by atoms with Crippen LogP contribution in [0.2, 0.25) is 0 Å². The number of fused-ring (bicyclic) bond motifs is 4. The fourth-order valence-electron chi connectivity index (χ4n) is 4.24. The fraction of sp³-hybridized carbons (Fsp3) is 0. The Kier molecular flexibility index (Phi) is 3.87. The van der Waals surface area contributed by atoms with Crippen LogP contribution in [-0.4, -0.2) is 25.2 Å². The maximum atomic E-state index is 13.1. The van der Waals surface area contributed by atoms with Gasteiger partial charge in [-0.2, -0.15) is 0 Å². The van der Waals surface area contributed by atoms with Gasteiger partial charge in [0.05, 0.1) is 27.0 Å². The van der Waals surface area contributed by atoms with E-state index in [1.54, 1.807) is 42.6 Å². The lowest BCUT2D eigenvalue weighted by Gasteiger charge is -2.09. The number of nitrogens with one attached hydrogen (secondary N) is 2. The number of benzene rings is 3. The summed E-state index contributed by atoms with van der Waals surface area (Å²) in [5.74, 6) is -0.216. The summed E-state index contributed by atoms with van der Waals surface area (Å²) in [7, 11) is 0. The Morgan fingerprint density at radius 1 is 1.00 bits per heavy atom. The quantitative estimate of drug-likeness (QED) is 0.200. The molecule has 3 N–H and O–H groups in total. The van der Waals surface area contributed by atoms with Gasteiger partial charge < -0.3 is 19.7 Å². The molecule has 0 amide bonds. The minimum Gasteiger partial charge on any atom is -0.506 e. The van der Waals surface area contributed by atoms with Crippen molar-refractivity contribution in [3.05, 3.63) is 87.4 Å². The van der Waals surface area contributed by atoms with E-state index in [-0.39, 0.29) is 22.6 Å². The monoisotopic (exact) mass is 438 g/mol. The average Bonchev–Trinajstić information content (AvgIpc) is 3.44. The number of para-hydroxylation sites is 1. The number of nitrogens with zero attached hydrogens (tertiary/aromatic N) is 2. The minimum absolute atomic E-state index is 0.0216. The van der Waals surface area contributed by atoms with Gasteiger partial charge in [0.1, 0.15) is 16.9 Å². The summed E-state index contributed by atoms with van der Waals surface area (Å²) >= 11 is 0. The molecule has 0 aliphatic heterocycles. The Morgan fingerprint density at radius 3 is 2.58 bits per heavy atom. The summed E-state index contributed by atoms with van der Waals surface area (Å²) in [6, 6.07) is 16.3. The Labute approximate surface area is 184 Å². The average molecular weight is 438 g/mol. The summed E-state index contributed by atoms with van der Waals surface area (Å²) in [4.78, 5) is 28.5. The molecule has 0 bridgehead atoms. The van der Waals surface area contributed by atoms with Gasteiger partial charge in [0.15, 0.2) is 0 Å². The van der Waals surface area contributed by atoms with Crippen LogP contribution in [0.4, 0.5) is 5.69 Å². The number of hydrogen-bond donors (Lipinski definition) is 3. The highest BCUT2D eigenvalue weighted by Crippen LogP contribution is 2.44. The molecule has 0 spiro atoms. The van der Waals surface area contributed by atoms with Crippen molar-refractivity contribution in [3.63, 3.8) is 0 Å². The predicted molar refractivity (Wildman–Crippen MR) is 123 cm³/mol. The molecule has 6 rings (SSSR count). The topological polar surface area (TPSA) is 138 Å². The highest BCUT2D eigenvalue weighted by molar-refractivity contribution is 6.17. The lowest BCUT2D eigenvalue weighted by Crippen LogP contribution is -2.04. The standard InChI is InChI=1S/C24H14N4O5/c29-23-15-3-1-2-4-17(15)33-24(30)20(23)19-18-16(10-7-13-11-25-27-22(13)18)26-21(19)12-5-8-14(9-6-12)28(31)32/h1-11,25,27,29H. The molecule has 6 aromatic rings. The Morgan fingerprint density at radius 2 is 1.79 bits per heavy atom. The first-order valence-corrected chi connectivity index (χ1v) is 10.0. The second-order valence-electron chi connectivity index (χ2n) is 7.59. The first-order valence-electron chi connectivity index (χ1n) is 10.0. The largest absolute Gasteiger partial charge is 0.506 e. The zero-order valence-electron chi connectivity index (χ0n) is 16.8. The molecule has 3 aromatic heterocycles. The van der Waals surface area contributed by atoms with Crippen LogP contribution >= 0.6 is 0 Å². The number of nitro groups is 1. The number of hydrogen-bond acceptors (Lipinski definition) is 6. The number of aromatic nitrogens is 3. The van der Waals surface area contributed by atoms with Crippen molar-refractivity contribution >= 4 is 38.5 Å². The van der Waals surface area contributed by atoms with Gasteiger partial charge in [-0.05, 0) is 36.4 Å². The summed E-state index contributed by atoms with van der Waals surface area (Å²) in [5, 5.41) is 30.2. The van der Waals surface area contributed by atoms with E-state index in [4.69, 9.17) is 9.40 Å². The Bertz CT molecular complexity index is 1780. The first-order chi connectivity index (χ1) is 16.0. The molecule has 3 aromatic carbocycles. The molecular formula is C24H14N4O5. The van der Waals surface area contributed by atoms with E-state index < -0.39 is 10.5 Å². The van der Waals surface area contributed by atoms with Crippen LogP contribution in [0.25, 0.3) is 55.2 Å². The maximum absolute atomic E-state index is 13.1. The van der Waals surface area contributed by atoms with Crippen molar-refractivity contribution < 1.29 is 14.4 Å². The fourth-order valence-corrected chi connectivity index (χ4v) is 4.24. The van der Waals surface area contributed by atoms with Gasteiger partial charge in [-0.3, -0.25) is 10.1 Å². The molecule has 0 radical (unpaired) electrons. The smallest absolute Gasteiger partial charge is 0.348 e. The lowest BCUT2D eigenvalue weighted by atomic mass is 9.96. The van der Waals surface area contributed by atoms with Gasteiger partial charge >= 0.3 is 5.63 Å². The highest BCUT2D eigenvalue weighted by Gasteiger charge is 2.26. The van der Waals surface area contributed by atoms with E-state index in [0.717, 1.165) is 5.39 Å². The zero-order valence-corrected chi connectivity index (χ0v) is 16.8. The molecule has 160 valence electrons. The zero-order chi connectivity index (χ0) is 22.7. The summed E-state index contributed by atoms with van der Waals surface area (Å²) in [6.45, 7) is 0. The van der Waals surface area contributed by atoms with Gasteiger partial charge in [0, 0.05) is 40.2 Å². The van der Waals surface area contributed by atoms with Crippen molar-refractivity contribution in [2.75, 3.05) is 0 Å². The molecule has 0 saturated carbocycles. The second-order valence-corrected chi connectivity index (χ2v) is 7.59. The van der Waals surface area contributed by atoms with Crippen LogP contribution in [0, 0.1) is 10.1 Å². The van der Waals surface area contributed by atoms with Crippen LogP contribution < -0.4 is 5.63 Å². The van der Waals surface area contributed by atoms with E-state index in [9.17, 15) is 20.0 Å². The SMILES string of the molecule is O=c1oc2ccccc2c(O)c1-c1c(-c2ccc([N+](=O)[O-])cc2)nc2ccc3c[nH][nH]c3c12. The van der Waals surface area contributed by atoms with Crippen molar-refractivity contribution in [3.8, 4) is 28.1 Å². The maximum Gasteiger partial charge on any atom is 0.348 e. The molecule has 0 saturated heterocycles. The van der Waals surface area contributed by atoms with Crippen LogP contribution in [-0.2, 0) is 0 Å². The van der Waals surface area contributed by atoms with Gasteiger partial charge in [-0.1, -0.05) is 12.1 Å². The third-order valence-corrected chi connectivity index (χ3v) is 5.75. The van der Waals surface area contributed by atoms with Gasteiger partial charge in [-0.25, -0.2) is 9.78 Å². The molecule has 0 atom stereocenters. The summed E-state index contributed by atoms with van der Waals surface area (Å²) < 4.78 is 5.53. The van der Waals surface area contributed by atoms with Crippen molar-refractivity contribution in [2.24, 2.45) is 0 Å². The molecule has 9 heteroatoms. The Hall–Kier alpha value is -4.92. The molecular weight excluding hydrogens is 424 g/mol. The van der Waals surface area contributed by atoms with Crippen molar-refractivity contribution in [1.29, 1.82) is 0 Å². The normalized spacial score (nSPS) is 11.5. The van der Waals surface area contributed by atoms with Crippen LogP contribution in [0.15, 0.2) is 76.1 Å². The van der Waals surface area contributed by atoms with E-state index in [1.165, 1.54) is 12.1 Å². The first kappa shape index (κ1) is 18.8. The molecule has 0 unspecified atom stereocenters. The number of aromatic amines is 2. The number of aromatic hydroxyl groups is 1. The van der Waals surface area contributed by atoms with E-state index in [1.807, 2.05) is 12.1 Å². The number of non-ortho nitro benzene ring substituents is 1. The van der Waals surface area contributed by atoms with Crippen LogP contribution in [0.1, 0.15) is 0 Å². The van der Waals surface area contributed by atoms with Gasteiger partial charge in [0.2, 0.25) is 0 Å². The molecule has 9 nitrogen and oxygen atoms in total. The third kappa shape index (κ3) is 2.72. The lowest BCUT2D eigenvalue weighted by molar-refractivity contribution is -0.384. The summed E-state index contributed by atoms with van der Waals surface area (Å²) in [5.41, 5.74) is 2.11. The van der Waals surface area contributed by atoms with Crippen LogP contribution in [0.5, 0.6) is 5.75 Å². The van der Waals surface area contributed by atoms with Gasteiger partial charge in [0.25, 0.3) is 5.69 Å². The molecule has 0 aliphatic carbocycles. The van der Waals surface area contributed by atoms with Crippen molar-refractivity contribution in [2.45, 2.75) is 0 Å².